The van der Waals surface area contributed by atoms with Crippen LogP contribution < -0.4 is 4.74 Å². The van der Waals surface area contributed by atoms with Gasteiger partial charge in [0.15, 0.2) is 0 Å². The van der Waals surface area contributed by atoms with E-state index in [0.717, 1.165) is 5.75 Å². The number of benzene rings is 2. The molecule has 0 aromatic heterocycles. The van der Waals surface area contributed by atoms with Gasteiger partial charge in [0.25, 0.3) is 0 Å². The molecule has 0 bridgehead atoms. The van der Waals surface area contributed by atoms with Gasteiger partial charge in [0.05, 0.1) is 6.61 Å². The van der Waals surface area contributed by atoms with Crippen molar-refractivity contribution in [2.45, 2.75) is 12.8 Å². The van der Waals surface area contributed by atoms with Crippen LogP contribution in [0.2, 0.25) is 0 Å². The van der Waals surface area contributed by atoms with E-state index in [9.17, 15) is 0 Å². The van der Waals surface area contributed by atoms with E-state index in [0.29, 0.717) is 12.5 Å². The Bertz CT molecular complexity index is 448. The Kier molecular flexibility index (Phi) is 3.66. The molecule has 2 nitrogen and oxygen atoms in total. The third-order valence-corrected chi connectivity index (χ3v) is 2.71. The molecule has 1 unspecified atom stereocenters. The Morgan fingerprint density at radius 1 is 1.00 bits per heavy atom. The third kappa shape index (κ3) is 3.25. The number of hydrogen-bond donors (Lipinski definition) is 1. The predicted molar refractivity (Wildman–Crippen MR) is 68.5 cm³/mol. The van der Waals surface area contributed by atoms with Gasteiger partial charge in [-0.3, -0.25) is 0 Å². The van der Waals surface area contributed by atoms with E-state index in [1.165, 1.54) is 5.56 Å². The first-order valence-corrected chi connectivity index (χ1v) is 5.72. The average Bonchev–Trinajstić information content (AvgIpc) is 2.39. The summed E-state index contributed by atoms with van der Waals surface area (Å²) in [5, 5.41) is 9.16. The first-order chi connectivity index (χ1) is 8.25. The number of rotatable bonds is 4. The lowest BCUT2D eigenvalue weighted by molar-refractivity contribution is 0.295. The van der Waals surface area contributed by atoms with Crippen LogP contribution >= 0.6 is 0 Å². The second-order valence-corrected chi connectivity index (χ2v) is 4.12. The summed E-state index contributed by atoms with van der Waals surface area (Å²) in [6.45, 7) is 2.77. The third-order valence-electron chi connectivity index (χ3n) is 2.71. The van der Waals surface area contributed by atoms with Crippen LogP contribution in [-0.2, 0) is 0 Å². The molecule has 0 aliphatic carbocycles. The average molecular weight is 228 g/mol. The highest BCUT2D eigenvalue weighted by molar-refractivity contribution is 5.30. The molecule has 2 heteroatoms. The lowest BCUT2D eigenvalue weighted by Crippen LogP contribution is -2.06. The van der Waals surface area contributed by atoms with Crippen LogP contribution in [0.5, 0.6) is 11.5 Å². The summed E-state index contributed by atoms with van der Waals surface area (Å²) in [7, 11) is 0. The monoisotopic (exact) mass is 228 g/mol. The van der Waals surface area contributed by atoms with Crippen LogP contribution in [-0.4, -0.2) is 11.7 Å². The molecular formula is C15H16O2. The lowest BCUT2D eigenvalue weighted by Gasteiger charge is -2.13. The molecule has 88 valence electrons. The smallest absolute Gasteiger partial charge is 0.119 e. The Balaban J connectivity index is 1.92. The van der Waals surface area contributed by atoms with E-state index >= 15 is 0 Å². The zero-order valence-electron chi connectivity index (χ0n) is 9.84. The summed E-state index contributed by atoms with van der Waals surface area (Å²) in [5.41, 5.74) is 1.27. The van der Waals surface area contributed by atoms with E-state index in [1.807, 2.05) is 18.2 Å². The molecule has 2 aromatic rings. The highest BCUT2D eigenvalue weighted by Crippen LogP contribution is 2.19. The topological polar surface area (TPSA) is 29.5 Å². The molecule has 2 rings (SSSR count). The van der Waals surface area contributed by atoms with Gasteiger partial charge in [-0.05, 0) is 29.8 Å². The number of phenolic OH excluding ortho intramolecular Hbond substituents is 1. The molecule has 0 saturated carbocycles. The standard InChI is InChI=1S/C15H16O2/c1-12(13-5-3-2-4-6-13)11-17-15-9-7-14(16)8-10-15/h2-10,12,16H,11H2,1H3. The first kappa shape index (κ1) is 11.5. The molecule has 0 aliphatic heterocycles. The molecule has 0 aliphatic rings. The van der Waals surface area contributed by atoms with E-state index in [2.05, 4.69) is 19.1 Å². The van der Waals surface area contributed by atoms with Gasteiger partial charge in [-0.25, -0.2) is 0 Å². The minimum absolute atomic E-state index is 0.258. The Labute approximate surface area is 101 Å². The van der Waals surface area contributed by atoms with Crippen LogP contribution in [0.1, 0.15) is 18.4 Å². The summed E-state index contributed by atoms with van der Waals surface area (Å²) >= 11 is 0. The fourth-order valence-corrected chi connectivity index (χ4v) is 1.64. The van der Waals surface area contributed by atoms with Crippen molar-refractivity contribution < 1.29 is 9.84 Å². The molecule has 0 amide bonds. The minimum Gasteiger partial charge on any atom is -0.508 e. The molecule has 1 atom stereocenters. The van der Waals surface area contributed by atoms with Crippen molar-refractivity contribution in [3.05, 3.63) is 60.2 Å². The SMILES string of the molecule is CC(COc1ccc(O)cc1)c1ccccc1. The van der Waals surface area contributed by atoms with Gasteiger partial charge in [-0.2, -0.15) is 0 Å². The second kappa shape index (κ2) is 5.39. The highest BCUT2D eigenvalue weighted by Gasteiger charge is 2.05. The van der Waals surface area contributed by atoms with Gasteiger partial charge < -0.3 is 9.84 Å². The first-order valence-electron chi connectivity index (χ1n) is 5.72. The molecule has 0 radical (unpaired) electrons. The molecule has 17 heavy (non-hydrogen) atoms. The number of aromatic hydroxyl groups is 1. The van der Waals surface area contributed by atoms with Crippen LogP contribution in [0.4, 0.5) is 0 Å². The van der Waals surface area contributed by atoms with E-state index in [4.69, 9.17) is 9.84 Å². The normalized spacial score (nSPS) is 12.1. The number of ether oxygens (including phenoxy) is 1. The molecule has 2 aromatic carbocycles. The second-order valence-electron chi connectivity index (χ2n) is 4.12. The minimum atomic E-state index is 0.258. The highest BCUT2D eigenvalue weighted by atomic mass is 16.5. The van der Waals surface area contributed by atoms with Gasteiger partial charge in [-0.15, -0.1) is 0 Å². The predicted octanol–water partition coefficient (Wildman–Crippen LogP) is 3.57. The fourth-order valence-electron chi connectivity index (χ4n) is 1.64. The van der Waals surface area contributed by atoms with Crippen molar-refractivity contribution in [3.8, 4) is 11.5 Å². The summed E-state index contributed by atoms with van der Waals surface area (Å²) in [6.07, 6.45) is 0. The number of phenols is 1. The van der Waals surface area contributed by atoms with Crippen molar-refractivity contribution in [1.29, 1.82) is 0 Å². The van der Waals surface area contributed by atoms with E-state index in [-0.39, 0.29) is 5.75 Å². The maximum atomic E-state index is 9.16. The lowest BCUT2D eigenvalue weighted by atomic mass is 10.0. The summed E-state index contributed by atoms with van der Waals surface area (Å²) in [4.78, 5) is 0. The Morgan fingerprint density at radius 3 is 2.29 bits per heavy atom. The van der Waals surface area contributed by atoms with Crippen molar-refractivity contribution in [2.75, 3.05) is 6.61 Å². The van der Waals surface area contributed by atoms with Gasteiger partial charge in [0.2, 0.25) is 0 Å². The van der Waals surface area contributed by atoms with Crippen LogP contribution in [0, 0.1) is 0 Å². The largest absolute Gasteiger partial charge is 0.508 e. The summed E-state index contributed by atoms with van der Waals surface area (Å²) in [5.74, 6) is 1.39. The molecular weight excluding hydrogens is 212 g/mol. The maximum Gasteiger partial charge on any atom is 0.119 e. The van der Waals surface area contributed by atoms with Gasteiger partial charge in [-0.1, -0.05) is 37.3 Å². The van der Waals surface area contributed by atoms with Crippen LogP contribution in [0.3, 0.4) is 0 Å². The van der Waals surface area contributed by atoms with Gasteiger partial charge >= 0.3 is 0 Å². The van der Waals surface area contributed by atoms with Crippen molar-refractivity contribution in [1.82, 2.24) is 0 Å². The van der Waals surface area contributed by atoms with E-state index in [1.54, 1.807) is 24.3 Å². The Hall–Kier alpha value is -1.96. The molecule has 0 spiro atoms. The maximum absolute atomic E-state index is 9.16. The van der Waals surface area contributed by atoms with Crippen LogP contribution in [0.25, 0.3) is 0 Å². The fraction of sp³-hybridized carbons (Fsp3) is 0.200. The van der Waals surface area contributed by atoms with Crippen molar-refractivity contribution in [3.63, 3.8) is 0 Å². The zero-order chi connectivity index (χ0) is 12.1. The number of hydrogen-bond acceptors (Lipinski definition) is 2. The molecule has 1 N–H and O–H groups in total. The molecule has 0 heterocycles. The summed E-state index contributed by atoms with van der Waals surface area (Å²) < 4.78 is 5.67. The van der Waals surface area contributed by atoms with E-state index < -0.39 is 0 Å². The molecule has 0 saturated heterocycles. The Morgan fingerprint density at radius 2 is 1.65 bits per heavy atom. The van der Waals surface area contributed by atoms with Crippen molar-refractivity contribution in [2.24, 2.45) is 0 Å². The van der Waals surface area contributed by atoms with Crippen LogP contribution in [0.15, 0.2) is 54.6 Å². The molecule has 0 fully saturated rings. The zero-order valence-corrected chi connectivity index (χ0v) is 9.84. The van der Waals surface area contributed by atoms with Crippen molar-refractivity contribution >= 4 is 0 Å². The van der Waals surface area contributed by atoms with Gasteiger partial charge in [0.1, 0.15) is 11.5 Å². The van der Waals surface area contributed by atoms with Gasteiger partial charge in [0, 0.05) is 5.92 Å². The quantitative estimate of drug-likeness (QED) is 0.866. The summed E-state index contributed by atoms with van der Waals surface area (Å²) in [6, 6.07) is 17.1.